The van der Waals surface area contributed by atoms with Crippen molar-refractivity contribution in [3.05, 3.63) is 0 Å². The number of nitrogens with zero attached hydrogens (tertiary/aromatic N) is 1. The molecule has 0 aromatic rings. The monoisotopic (exact) mass is 328 g/mol. The van der Waals surface area contributed by atoms with E-state index in [1.54, 1.807) is 0 Å². The number of carboxylic acid groups (broad SMARTS) is 1. The molecule has 1 atom stereocenters. The Bertz CT molecular complexity index is 424. The third-order valence-corrected chi connectivity index (χ3v) is 5.20. The van der Waals surface area contributed by atoms with Crippen LogP contribution in [0.5, 0.6) is 0 Å². The lowest BCUT2D eigenvalue weighted by molar-refractivity contribution is -0.141. The molecule has 0 spiro atoms. The van der Waals surface area contributed by atoms with Gasteiger partial charge in [0, 0.05) is 12.6 Å². The number of hydrogen-bond acceptors (Lipinski definition) is 4. The molecule has 1 unspecified atom stereocenters. The van der Waals surface area contributed by atoms with Crippen molar-refractivity contribution < 1.29 is 19.5 Å². The summed E-state index contributed by atoms with van der Waals surface area (Å²) in [5, 5.41) is 11.3. The SMILES string of the molecule is O=C(O)CSCC(=O)NC1CCCN(C2CCCCC2)C1=O. The zero-order chi connectivity index (χ0) is 15.9. The van der Waals surface area contributed by atoms with Gasteiger partial charge in [-0.05, 0) is 25.7 Å². The Balaban J connectivity index is 1.81. The zero-order valence-corrected chi connectivity index (χ0v) is 13.6. The number of carbonyl (C=O) groups is 3. The van der Waals surface area contributed by atoms with E-state index in [0.717, 1.165) is 37.6 Å². The van der Waals surface area contributed by atoms with E-state index in [9.17, 15) is 14.4 Å². The van der Waals surface area contributed by atoms with Crippen LogP contribution in [0, 0.1) is 0 Å². The van der Waals surface area contributed by atoms with Crippen LogP contribution in [0.25, 0.3) is 0 Å². The Kier molecular flexibility index (Phi) is 6.54. The number of amides is 2. The van der Waals surface area contributed by atoms with Crippen LogP contribution >= 0.6 is 11.8 Å². The largest absolute Gasteiger partial charge is 0.481 e. The van der Waals surface area contributed by atoms with Gasteiger partial charge in [-0.25, -0.2) is 0 Å². The first-order valence-corrected chi connectivity index (χ1v) is 9.13. The lowest BCUT2D eigenvalue weighted by atomic mass is 9.91. The second-order valence-corrected chi connectivity index (χ2v) is 6.96. The lowest BCUT2D eigenvalue weighted by Crippen LogP contribution is -2.55. The number of nitrogens with one attached hydrogen (secondary N) is 1. The number of aliphatic carboxylic acids is 1. The molecule has 124 valence electrons. The molecular weight excluding hydrogens is 304 g/mol. The highest BCUT2D eigenvalue weighted by Crippen LogP contribution is 2.26. The summed E-state index contributed by atoms with van der Waals surface area (Å²) in [6.45, 7) is 0.795. The Morgan fingerprint density at radius 2 is 1.86 bits per heavy atom. The minimum absolute atomic E-state index is 0.0368. The highest BCUT2D eigenvalue weighted by atomic mass is 32.2. The van der Waals surface area contributed by atoms with Crippen LogP contribution in [0.3, 0.4) is 0 Å². The van der Waals surface area contributed by atoms with Gasteiger partial charge < -0.3 is 15.3 Å². The maximum Gasteiger partial charge on any atom is 0.313 e. The molecule has 1 saturated heterocycles. The normalized spacial score (nSPS) is 23.4. The summed E-state index contributed by atoms with van der Waals surface area (Å²) >= 11 is 1.05. The van der Waals surface area contributed by atoms with Crippen molar-refractivity contribution in [3.8, 4) is 0 Å². The first kappa shape index (κ1) is 17.1. The molecule has 1 heterocycles. The number of hydrogen-bond donors (Lipinski definition) is 2. The van der Waals surface area contributed by atoms with E-state index < -0.39 is 12.0 Å². The molecule has 22 heavy (non-hydrogen) atoms. The minimum atomic E-state index is -0.935. The van der Waals surface area contributed by atoms with E-state index in [-0.39, 0.29) is 23.3 Å². The highest BCUT2D eigenvalue weighted by Gasteiger charge is 2.34. The van der Waals surface area contributed by atoms with Gasteiger partial charge in [0.05, 0.1) is 11.5 Å². The molecule has 2 rings (SSSR count). The van der Waals surface area contributed by atoms with Crippen LogP contribution in [-0.2, 0) is 14.4 Å². The van der Waals surface area contributed by atoms with Crippen LogP contribution in [-0.4, -0.2) is 57.9 Å². The highest BCUT2D eigenvalue weighted by molar-refractivity contribution is 8.00. The molecule has 0 radical (unpaired) electrons. The number of piperidine rings is 1. The van der Waals surface area contributed by atoms with Gasteiger partial charge in [0.2, 0.25) is 11.8 Å². The van der Waals surface area contributed by atoms with Crippen molar-refractivity contribution in [2.45, 2.75) is 57.0 Å². The average molecular weight is 328 g/mol. The molecule has 2 fully saturated rings. The van der Waals surface area contributed by atoms with E-state index in [1.807, 2.05) is 4.90 Å². The molecule has 1 aliphatic heterocycles. The molecular formula is C15H24N2O4S. The van der Waals surface area contributed by atoms with E-state index in [4.69, 9.17) is 5.11 Å². The van der Waals surface area contributed by atoms with Gasteiger partial charge in [-0.1, -0.05) is 19.3 Å². The van der Waals surface area contributed by atoms with E-state index in [2.05, 4.69) is 5.32 Å². The summed E-state index contributed by atoms with van der Waals surface area (Å²) in [5.41, 5.74) is 0. The standard InChI is InChI=1S/C15H24N2O4S/c18-13(9-22-10-14(19)20)16-12-7-4-8-17(15(12)21)11-5-2-1-3-6-11/h11-12H,1-10H2,(H,16,18)(H,19,20). The Labute approximate surface area is 135 Å². The van der Waals surface area contributed by atoms with Gasteiger partial charge in [0.15, 0.2) is 0 Å². The van der Waals surface area contributed by atoms with Crippen LogP contribution in [0.4, 0.5) is 0 Å². The van der Waals surface area contributed by atoms with E-state index >= 15 is 0 Å². The molecule has 0 aromatic carbocycles. The fourth-order valence-electron chi connectivity index (χ4n) is 3.26. The van der Waals surface area contributed by atoms with Crippen LogP contribution in [0.2, 0.25) is 0 Å². The quantitative estimate of drug-likeness (QED) is 0.766. The second kappa shape index (κ2) is 8.41. The van der Waals surface area contributed by atoms with Crippen molar-refractivity contribution in [3.63, 3.8) is 0 Å². The molecule has 0 aromatic heterocycles. The Hall–Kier alpha value is -1.24. The number of rotatable bonds is 6. The number of likely N-dealkylation sites (tertiary alicyclic amines) is 1. The summed E-state index contributed by atoms with van der Waals surface area (Å²) < 4.78 is 0. The van der Waals surface area contributed by atoms with Crippen LogP contribution in [0.15, 0.2) is 0 Å². The van der Waals surface area contributed by atoms with Gasteiger partial charge in [-0.3, -0.25) is 14.4 Å². The predicted octanol–water partition coefficient (Wildman–Crippen LogP) is 1.24. The van der Waals surface area contributed by atoms with Crippen LogP contribution in [0.1, 0.15) is 44.9 Å². The van der Waals surface area contributed by atoms with E-state index in [1.165, 1.54) is 19.3 Å². The summed E-state index contributed by atoms with van der Waals surface area (Å²) in [7, 11) is 0. The number of carbonyl (C=O) groups excluding carboxylic acids is 2. The predicted molar refractivity (Wildman–Crippen MR) is 84.7 cm³/mol. The fraction of sp³-hybridized carbons (Fsp3) is 0.800. The zero-order valence-electron chi connectivity index (χ0n) is 12.8. The van der Waals surface area contributed by atoms with Crippen molar-refractivity contribution >= 4 is 29.5 Å². The number of thioether (sulfide) groups is 1. The Morgan fingerprint density at radius 1 is 1.14 bits per heavy atom. The summed E-state index contributed by atoms with van der Waals surface area (Å²) in [4.78, 5) is 36.8. The summed E-state index contributed by atoms with van der Waals surface area (Å²) in [6, 6.07) is -0.101. The smallest absolute Gasteiger partial charge is 0.313 e. The topological polar surface area (TPSA) is 86.7 Å². The van der Waals surface area contributed by atoms with Gasteiger partial charge in [0.25, 0.3) is 0 Å². The van der Waals surface area contributed by atoms with Crippen molar-refractivity contribution in [2.75, 3.05) is 18.1 Å². The molecule has 0 bridgehead atoms. The maximum absolute atomic E-state index is 12.6. The maximum atomic E-state index is 12.6. The van der Waals surface area contributed by atoms with Crippen LogP contribution < -0.4 is 5.32 Å². The molecule has 2 aliphatic rings. The average Bonchev–Trinajstić information content (AvgIpc) is 2.50. The molecule has 1 saturated carbocycles. The minimum Gasteiger partial charge on any atom is -0.481 e. The second-order valence-electron chi connectivity index (χ2n) is 5.97. The molecule has 2 N–H and O–H groups in total. The molecule has 1 aliphatic carbocycles. The van der Waals surface area contributed by atoms with Crippen molar-refractivity contribution in [2.24, 2.45) is 0 Å². The first-order chi connectivity index (χ1) is 10.6. The van der Waals surface area contributed by atoms with Gasteiger partial charge in [-0.2, -0.15) is 0 Å². The fourth-order valence-corrected chi connectivity index (χ4v) is 3.80. The molecule has 6 nitrogen and oxygen atoms in total. The molecule has 7 heteroatoms. The van der Waals surface area contributed by atoms with Crippen molar-refractivity contribution in [1.82, 2.24) is 10.2 Å². The van der Waals surface area contributed by atoms with Gasteiger partial charge in [0.1, 0.15) is 6.04 Å². The first-order valence-electron chi connectivity index (χ1n) is 7.97. The molecule has 2 amide bonds. The van der Waals surface area contributed by atoms with Crippen molar-refractivity contribution in [1.29, 1.82) is 0 Å². The van der Waals surface area contributed by atoms with Gasteiger partial charge in [-0.15, -0.1) is 11.8 Å². The lowest BCUT2D eigenvalue weighted by Gasteiger charge is -2.39. The van der Waals surface area contributed by atoms with Gasteiger partial charge >= 0.3 is 5.97 Å². The summed E-state index contributed by atoms with van der Waals surface area (Å²) in [5.74, 6) is -1.17. The Morgan fingerprint density at radius 3 is 2.55 bits per heavy atom. The third-order valence-electron chi connectivity index (χ3n) is 4.28. The number of carboxylic acids is 1. The summed E-state index contributed by atoms with van der Waals surface area (Å²) in [6.07, 6.45) is 7.34. The van der Waals surface area contributed by atoms with E-state index in [0.29, 0.717) is 12.5 Å². The third kappa shape index (κ3) is 4.90.